The fourth-order valence-corrected chi connectivity index (χ4v) is 3.67. The monoisotopic (exact) mass is 442 g/mol. The number of carbonyl (C=O) groups excluding carboxylic acids is 2. The third-order valence-electron chi connectivity index (χ3n) is 5.48. The highest BCUT2D eigenvalue weighted by Gasteiger charge is 2.24. The van der Waals surface area contributed by atoms with Crippen LogP contribution < -0.4 is 0 Å². The Kier molecular flexibility index (Phi) is 8.70. The van der Waals surface area contributed by atoms with E-state index >= 15 is 0 Å². The van der Waals surface area contributed by atoms with Crippen LogP contribution in [0.3, 0.4) is 0 Å². The van der Waals surface area contributed by atoms with E-state index < -0.39 is 0 Å². The zero-order chi connectivity index (χ0) is 22.9. The molecule has 0 saturated carbocycles. The van der Waals surface area contributed by atoms with E-state index in [0.717, 1.165) is 30.2 Å². The number of amides is 3. The normalized spacial score (nSPS) is 14.2. The SMILES string of the molecule is Cc1ccc(CN(Cc2ccccc2)C(=O)CN(CCN2CCOCC2)C(=O)N(C)C)o1. The molecule has 3 amide bonds. The van der Waals surface area contributed by atoms with Crippen LogP contribution in [0.4, 0.5) is 4.79 Å². The van der Waals surface area contributed by atoms with Gasteiger partial charge < -0.3 is 23.9 Å². The predicted molar refractivity (Wildman–Crippen MR) is 122 cm³/mol. The molecule has 1 saturated heterocycles. The number of rotatable bonds is 9. The van der Waals surface area contributed by atoms with E-state index in [1.165, 1.54) is 4.90 Å². The number of hydrogen-bond donors (Lipinski definition) is 0. The maximum Gasteiger partial charge on any atom is 0.319 e. The number of morpholine rings is 1. The molecule has 0 aliphatic carbocycles. The summed E-state index contributed by atoms with van der Waals surface area (Å²) in [5.41, 5.74) is 1.03. The third-order valence-corrected chi connectivity index (χ3v) is 5.48. The molecule has 8 heteroatoms. The summed E-state index contributed by atoms with van der Waals surface area (Å²) in [6.45, 7) is 7.01. The van der Waals surface area contributed by atoms with Gasteiger partial charge in [0.1, 0.15) is 18.1 Å². The van der Waals surface area contributed by atoms with Crippen molar-refractivity contribution in [1.82, 2.24) is 19.6 Å². The minimum atomic E-state index is -0.167. The van der Waals surface area contributed by atoms with Crippen LogP contribution in [-0.2, 0) is 22.6 Å². The standard InChI is InChI=1S/C24H34N4O4/c1-20-9-10-22(32-20)18-28(17-21-7-5-4-6-8-21)23(29)19-27(24(30)25(2)3)12-11-26-13-15-31-16-14-26/h4-10H,11-19H2,1-3H3. The van der Waals surface area contributed by atoms with Crippen molar-refractivity contribution in [2.45, 2.75) is 20.0 Å². The molecule has 0 radical (unpaired) electrons. The second-order valence-corrected chi connectivity index (χ2v) is 8.30. The molecule has 174 valence electrons. The van der Waals surface area contributed by atoms with Gasteiger partial charge in [-0.2, -0.15) is 0 Å². The molecule has 0 bridgehead atoms. The summed E-state index contributed by atoms with van der Waals surface area (Å²) < 4.78 is 11.1. The van der Waals surface area contributed by atoms with E-state index in [0.29, 0.717) is 39.4 Å². The Labute approximate surface area is 190 Å². The van der Waals surface area contributed by atoms with Gasteiger partial charge in [-0.15, -0.1) is 0 Å². The van der Waals surface area contributed by atoms with E-state index in [-0.39, 0.29) is 18.5 Å². The molecule has 1 aliphatic rings. The molecule has 1 aliphatic heterocycles. The van der Waals surface area contributed by atoms with Crippen LogP contribution in [-0.4, -0.2) is 91.6 Å². The summed E-state index contributed by atoms with van der Waals surface area (Å²) in [7, 11) is 3.42. The van der Waals surface area contributed by atoms with Gasteiger partial charge in [-0.1, -0.05) is 30.3 Å². The Bertz CT molecular complexity index is 862. The molecule has 0 N–H and O–H groups in total. The Morgan fingerprint density at radius 1 is 0.969 bits per heavy atom. The Hall–Kier alpha value is -2.84. The lowest BCUT2D eigenvalue weighted by atomic mass is 10.2. The van der Waals surface area contributed by atoms with E-state index in [4.69, 9.17) is 9.15 Å². The maximum absolute atomic E-state index is 13.4. The maximum atomic E-state index is 13.4. The van der Waals surface area contributed by atoms with Crippen LogP contribution in [0.25, 0.3) is 0 Å². The van der Waals surface area contributed by atoms with Crippen LogP contribution in [0.1, 0.15) is 17.1 Å². The van der Waals surface area contributed by atoms with E-state index in [9.17, 15) is 9.59 Å². The number of hydrogen-bond acceptors (Lipinski definition) is 5. The number of carbonyl (C=O) groups is 2. The lowest BCUT2D eigenvalue weighted by molar-refractivity contribution is -0.133. The zero-order valence-corrected chi connectivity index (χ0v) is 19.3. The fourth-order valence-electron chi connectivity index (χ4n) is 3.67. The Morgan fingerprint density at radius 2 is 1.69 bits per heavy atom. The first kappa shape index (κ1) is 23.8. The molecule has 32 heavy (non-hydrogen) atoms. The quantitative estimate of drug-likeness (QED) is 0.597. The molecular formula is C24H34N4O4. The number of urea groups is 1. The highest BCUT2D eigenvalue weighted by Crippen LogP contribution is 2.14. The van der Waals surface area contributed by atoms with Crippen LogP contribution in [0, 0.1) is 6.92 Å². The van der Waals surface area contributed by atoms with Gasteiger partial charge in [0.2, 0.25) is 5.91 Å². The van der Waals surface area contributed by atoms with Gasteiger partial charge in [0.05, 0.1) is 19.8 Å². The summed E-state index contributed by atoms with van der Waals surface area (Å²) in [5, 5.41) is 0. The average Bonchev–Trinajstić information content (AvgIpc) is 3.21. The summed E-state index contributed by atoms with van der Waals surface area (Å²) in [6.07, 6.45) is 0. The summed E-state index contributed by atoms with van der Waals surface area (Å²) in [5.74, 6) is 1.42. The summed E-state index contributed by atoms with van der Waals surface area (Å²) in [4.78, 5) is 33.4. The molecular weight excluding hydrogens is 408 g/mol. The van der Waals surface area contributed by atoms with Crippen molar-refractivity contribution in [2.24, 2.45) is 0 Å². The lowest BCUT2D eigenvalue weighted by Crippen LogP contribution is -2.49. The number of nitrogens with zero attached hydrogens (tertiary/aromatic N) is 4. The van der Waals surface area contributed by atoms with E-state index in [2.05, 4.69) is 4.90 Å². The Morgan fingerprint density at radius 3 is 2.31 bits per heavy atom. The molecule has 0 spiro atoms. The second-order valence-electron chi connectivity index (χ2n) is 8.30. The molecule has 0 atom stereocenters. The minimum absolute atomic E-state index is 0.0217. The highest BCUT2D eigenvalue weighted by atomic mass is 16.5. The summed E-state index contributed by atoms with van der Waals surface area (Å²) >= 11 is 0. The molecule has 1 fully saturated rings. The first-order valence-electron chi connectivity index (χ1n) is 11.1. The van der Waals surface area contributed by atoms with Gasteiger partial charge in [-0.3, -0.25) is 9.69 Å². The fraction of sp³-hybridized carbons (Fsp3) is 0.500. The van der Waals surface area contributed by atoms with Crippen molar-refractivity contribution in [3.8, 4) is 0 Å². The van der Waals surface area contributed by atoms with Gasteiger partial charge in [-0.25, -0.2) is 4.79 Å². The van der Waals surface area contributed by atoms with Crippen molar-refractivity contribution in [3.63, 3.8) is 0 Å². The van der Waals surface area contributed by atoms with Crippen LogP contribution in [0.15, 0.2) is 46.9 Å². The highest BCUT2D eigenvalue weighted by molar-refractivity contribution is 5.84. The molecule has 1 aromatic carbocycles. The topological polar surface area (TPSA) is 69.5 Å². The first-order valence-corrected chi connectivity index (χ1v) is 11.1. The molecule has 3 rings (SSSR count). The zero-order valence-electron chi connectivity index (χ0n) is 19.3. The number of aryl methyl sites for hydroxylation is 1. The average molecular weight is 443 g/mol. The van der Waals surface area contributed by atoms with Crippen LogP contribution >= 0.6 is 0 Å². The number of furan rings is 1. The van der Waals surface area contributed by atoms with Gasteiger partial charge in [0.15, 0.2) is 0 Å². The lowest BCUT2D eigenvalue weighted by Gasteiger charge is -2.32. The van der Waals surface area contributed by atoms with Crippen molar-refractivity contribution >= 4 is 11.9 Å². The van der Waals surface area contributed by atoms with Crippen molar-refractivity contribution < 1.29 is 18.7 Å². The number of ether oxygens (including phenoxy) is 1. The van der Waals surface area contributed by atoms with Gasteiger partial charge in [-0.05, 0) is 24.6 Å². The molecule has 0 unspecified atom stereocenters. The second kappa shape index (κ2) is 11.7. The van der Waals surface area contributed by atoms with Gasteiger partial charge in [0, 0.05) is 46.8 Å². The van der Waals surface area contributed by atoms with Crippen LogP contribution in [0.5, 0.6) is 0 Å². The predicted octanol–water partition coefficient (Wildman–Crippen LogP) is 2.43. The van der Waals surface area contributed by atoms with Crippen LogP contribution in [0.2, 0.25) is 0 Å². The Balaban J connectivity index is 1.70. The molecule has 2 heterocycles. The molecule has 2 aromatic rings. The smallest absolute Gasteiger partial charge is 0.319 e. The van der Waals surface area contributed by atoms with Crippen molar-refractivity contribution in [2.75, 3.05) is 60.0 Å². The largest absolute Gasteiger partial charge is 0.464 e. The number of benzene rings is 1. The summed E-state index contributed by atoms with van der Waals surface area (Å²) in [6, 6.07) is 13.5. The van der Waals surface area contributed by atoms with Crippen molar-refractivity contribution in [1.29, 1.82) is 0 Å². The minimum Gasteiger partial charge on any atom is -0.464 e. The molecule has 8 nitrogen and oxygen atoms in total. The van der Waals surface area contributed by atoms with Crippen molar-refractivity contribution in [3.05, 3.63) is 59.5 Å². The molecule has 1 aromatic heterocycles. The van der Waals surface area contributed by atoms with E-state index in [1.807, 2.05) is 49.4 Å². The van der Waals surface area contributed by atoms with E-state index in [1.54, 1.807) is 23.9 Å². The van der Waals surface area contributed by atoms with Gasteiger partial charge >= 0.3 is 6.03 Å². The third kappa shape index (κ3) is 7.10. The van der Waals surface area contributed by atoms with Gasteiger partial charge in [0.25, 0.3) is 0 Å². The first-order chi connectivity index (χ1) is 15.4.